The predicted molar refractivity (Wildman–Crippen MR) is 67.9 cm³/mol. The van der Waals surface area contributed by atoms with Crippen molar-refractivity contribution in [3.8, 4) is 5.75 Å². The first kappa shape index (κ1) is 13.2. The molecule has 0 aliphatic rings. The summed E-state index contributed by atoms with van der Waals surface area (Å²) in [6.07, 6.45) is 1.40. The first-order chi connectivity index (χ1) is 9.10. The van der Waals surface area contributed by atoms with E-state index in [9.17, 15) is 9.18 Å². The summed E-state index contributed by atoms with van der Waals surface area (Å²) in [4.78, 5) is 19.3. The van der Waals surface area contributed by atoms with E-state index < -0.39 is 11.7 Å². The second kappa shape index (κ2) is 5.62. The van der Waals surface area contributed by atoms with Crippen LogP contribution in [0.15, 0.2) is 30.5 Å². The molecule has 1 amide bonds. The van der Waals surface area contributed by atoms with Crippen LogP contribution in [-0.2, 0) is 0 Å². The Bertz CT molecular complexity index is 622. The van der Waals surface area contributed by atoms with Gasteiger partial charge in [0.05, 0.1) is 7.11 Å². The SMILES string of the molecule is COc1ccc(C(=O)Nc2ccnc(Cl)n2)cc1F. The van der Waals surface area contributed by atoms with Crippen LogP contribution in [0.4, 0.5) is 10.2 Å². The number of nitrogens with zero attached hydrogens (tertiary/aromatic N) is 2. The third-order valence-corrected chi connectivity index (χ3v) is 2.46. The molecule has 1 N–H and O–H groups in total. The zero-order chi connectivity index (χ0) is 13.8. The van der Waals surface area contributed by atoms with Crippen LogP contribution in [0.2, 0.25) is 5.28 Å². The molecule has 0 aliphatic heterocycles. The van der Waals surface area contributed by atoms with Crippen LogP contribution in [0.5, 0.6) is 5.75 Å². The van der Waals surface area contributed by atoms with Crippen LogP contribution >= 0.6 is 11.6 Å². The molecule has 2 aromatic rings. The summed E-state index contributed by atoms with van der Waals surface area (Å²) < 4.78 is 18.2. The van der Waals surface area contributed by atoms with E-state index in [-0.39, 0.29) is 22.4 Å². The highest BCUT2D eigenvalue weighted by molar-refractivity contribution is 6.28. The van der Waals surface area contributed by atoms with E-state index in [1.807, 2.05) is 0 Å². The van der Waals surface area contributed by atoms with Crippen molar-refractivity contribution < 1.29 is 13.9 Å². The lowest BCUT2D eigenvalue weighted by Crippen LogP contribution is -2.13. The van der Waals surface area contributed by atoms with Crippen LogP contribution in [0.1, 0.15) is 10.4 Å². The number of aromatic nitrogens is 2. The van der Waals surface area contributed by atoms with Crippen molar-refractivity contribution >= 4 is 23.3 Å². The Hall–Kier alpha value is -2.21. The monoisotopic (exact) mass is 281 g/mol. The van der Waals surface area contributed by atoms with Gasteiger partial charge in [0.1, 0.15) is 5.82 Å². The lowest BCUT2D eigenvalue weighted by atomic mass is 10.2. The molecule has 0 unspecified atom stereocenters. The molecule has 1 heterocycles. The average molecular weight is 282 g/mol. The number of benzene rings is 1. The second-order valence-electron chi connectivity index (χ2n) is 3.51. The molecule has 0 saturated carbocycles. The molecule has 0 aliphatic carbocycles. The summed E-state index contributed by atoms with van der Waals surface area (Å²) >= 11 is 5.59. The first-order valence-corrected chi connectivity index (χ1v) is 5.61. The van der Waals surface area contributed by atoms with E-state index in [0.717, 1.165) is 6.07 Å². The van der Waals surface area contributed by atoms with Crippen LogP contribution in [0, 0.1) is 5.82 Å². The standard InChI is InChI=1S/C12H9ClFN3O2/c1-19-9-3-2-7(6-8(9)14)11(18)16-10-4-5-15-12(13)17-10/h2-6H,1H3,(H,15,16,17,18). The van der Waals surface area contributed by atoms with Crippen molar-refractivity contribution in [2.24, 2.45) is 0 Å². The minimum absolute atomic E-state index is 0.0127. The normalized spacial score (nSPS) is 10.1. The van der Waals surface area contributed by atoms with E-state index >= 15 is 0 Å². The molecule has 0 saturated heterocycles. The molecule has 1 aromatic carbocycles. The third-order valence-electron chi connectivity index (χ3n) is 2.28. The number of anilines is 1. The van der Waals surface area contributed by atoms with Gasteiger partial charge in [-0.2, -0.15) is 0 Å². The molecular weight excluding hydrogens is 273 g/mol. The van der Waals surface area contributed by atoms with Crippen molar-refractivity contribution in [1.82, 2.24) is 9.97 Å². The molecular formula is C12H9ClFN3O2. The van der Waals surface area contributed by atoms with Gasteiger partial charge in [0.25, 0.3) is 5.91 Å². The Kier molecular flexibility index (Phi) is 3.91. The third kappa shape index (κ3) is 3.17. The highest BCUT2D eigenvalue weighted by Crippen LogP contribution is 2.18. The van der Waals surface area contributed by atoms with Crippen LogP contribution in [-0.4, -0.2) is 23.0 Å². The Morgan fingerprint density at radius 1 is 1.42 bits per heavy atom. The largest absolute Gasteiger partial charge is 0.494 e. The van der Waals surface area contributed by atoms with Crippen molar-refractivity contribution in [2.75, 3.05) is 12.4 Å². The second-order valence-corrected chi connectivity index (χ2v) is 3.85. The average Bonchev–Trinajstić information content (AvgIpc) is 2.38. The molecule has 98 valence electrons. The molecule has 0 atom stereocenters. The smallest absolute Gasteiger partial charge is 0.256 e. The Labute approximate surface area is 113 Å². The number of halogens is 2. The Morgan fingerprint density at radius 2 is 2.21 bits per heavy atom. The predicted octanol–water partition coefficient (Wildman–Crippen LogP) is 2.53. The zero-order valence-corrected chi connectivity index (χ0v) is 10.6. The number of nitrogens with one attached hydrogen (secondary N) is 1. The van der Waals surface area contributed by atoms with E-state index in [1.165, 1.54) is 31.5 Å². The van der Waals surface area contributed by atoms with Crippen LogP contribution in [0.3, 0.4) is 0 Å². The summed E-state index contributed by atoms with van der Waals surface area (Å²) in [6, 6.07) is 5.37. The number of hydrogen-bond acceptors (Lipinski definition) is 4. The molecule has 1 aromatic heterocycles. The van der Waals surface area contributed by atoms with Crippen molar-refractivity contribution in [2.45, 2.75) is 0 Å². The fraction of sp³-hybridized carbons (Fsp3) is 0.0833. The minimum Gasteiger partial charge on any atom is -0.494 e. The fourth-order valence-corrected chi connectivity index (χ4v) is 1.55. The molecule has 0 bridgehead atoms. The molecule has 19 heavy (non-hydrogen) atoms. The maximum Gasteiger partial charge on any atom is 0.256 e. The van der Waals surface area contributed by atoms with Crippen LogP contribution < -0.4 is 10.1 Å². The lowest BCUT2D eigenvalue weighted by Gasteiger charge is -2.06. The maximum atomic E-state index is 13.5. The number of methoxy groups -OCH3 is 1. The number of rotatable bonds is 3. The summed E-state index contributed by atoms with van der Waals surface area (Å²) in [5, 5.41) is 2.49. The van der Waals surface area contributed by atoms with Crippen molar-refractivity contribution in [1.29, 1.82) is 0 Å². The summed E-state index contributed by atoms with van der Waals surface area (Å²) in [5.41, 5.74) is 0.146. The van der Waals surface area contributed by atoms with Gasteiger partial charge < -0.3 is 10.1 Å². The van der Waals surface area contributed by atoms with Gasteiger partial charge in [0.15, 0.2) is 11.6 Å². The number of carbonyl (C=O) groups is 1. The highest BCUT2D eigenvalue weighted by atomic mass is 35.5. The van der Waals surface area contributed by atoms with Gasteiger partial charge >= 0.3 is 0 Å². The van der Waals surface area contributed by atoms with E-state index in [4.69, 9.17) is 16.3 Å². The molecule has 5 nitrogen and oxygen atoms in total. The van der Waals surface area contributed by atoms with E-state index in [0.29, 0.717) is 0 Å². The molecule has 7 heteroatoms. The molecule has 0 spiro atoms. The number of ether oxygens (including phenoxy) is 1. The number of carbonyl (C=O) groups excluding carboxylic acids is 1. The zero-order valence-electron chi connectivity index (χ0n) is 9.85. The van der Waals surface area contributed by atoms with Gasteiger partial charge in [-0.3, -0.25) is 4.79 Å². The number of hydrogen-bond donors (Lipinski definition) is 1. The van der Waals surface area contributed by atoms with Gasteiger partial charge in [-0.15, -0.1) is 0 Å². The van der Waals surface area contributed by atoms with Gasteiger partial charge in [-0.05, 0) is 35.9 Å². The fourth-order valence-electron chi connectivity index (χ4n) is 1.40. The van der Waals surface area contributed by atoms with Gasteiger partial charge in [0.2, 0.25) is 5.28 Å². The summed E-state index contributed by atoms with van der Waals surface area (Å²) in [6.45, 7) is 0. The van der Waals surface area contributed by atoms with Gasteiger partial charge in [-0.1, -0.05) is 0 Å². The minimum atomic E-state index is -0.615. The Balaban J connectivity index is 2.18. The van der Waals surface area contributed by atoms with Crippen molar-refractivity contribution in [3.05, 3.63) is 47.1 Å². The van der Waals surface area contributed by atoms with Crippen LogP contribution in [0.25, 0.3) is 0 Å². The molecule has 2 rings (SSSR count). The Morgan fingerprint density at radius 3 is 2.84 bits per heavy atom. The van der Waals surface area contributed by atoms with Gasteiger partial charge in [-0.25, -0.2) is 14.4 Å². The summed E-state index contributed by atoms with van der Waals surface area (Å²) in [5.74, 6) is -0.810. The summed E-state index contributed by atoms with van der Waals surface area (Å²) in [7, 11) is 1.35. The molecule has 0 radical (unpaired) electrons. The first-order valence-electron chi connectivity index (χ1n) is 5.23. The topological polar surface area (TPSA) is 64.1 Å². The quantitative estimate of drug-likeness (QED) is 0.878. The molecule has 0 fully saturated rings. The van der Waals surface area contributed by atoms with E-state index in [2.05, 4.69) is 15.3 Å². The number of amides is 1. The maximum absolute atomic E-state index is 13.5. The van der Waals surface area contributed by atoms with Crippen molar-refractivity contribution in [3.63, 3.8) is 0 Å². The van der Waals surface area contributed by atoms with Gasteiger partial charge in [0, 0.05) is 11.8 Å². The van der Waals surface area contributed by atoms with E-state index in [1.54, 1.807) is 0 Å². The highest BCUT2D eigenvalue weighted by Gasteiger charge is 2.11. The lowest BCUT2D eigenvalue weighted by molar-refractivity contribution is 0.102.